The Morgan fingerprint density at radius 3 is 2.62 bits per heavy atom. The van der Waals surface area contributed by atoms with Crippen LogP contribution in [0.2, 0.25) is 0 Å². The first kappa shape index (κ1) is 16.6. The Labute approximate surface area is 141 Å². The molecular formula is C19H24N2O3. The Hall–Kier alpha value is -2.30. The summed E-state index contributed by atoms with van der Waals surface area (Å²) in [5, 5.41) is 3.78. The van der Waals surface area contributed by atoms with E-state index in [4.69, 9.17) is 4.42 Å². The number of aryl methyl sites for hydroxylation is 1. The van der Waals surface area contributed by atoms with E-state index in [1.807, 2.05) is 26.1 Å². The number of rotatable bonds is 2. The van der Waals surface area contributed by atoms with Crippen molar-refractivity contribution in [1.82, 2.24) is 4.90 Å². The lowest BCUT2D eigenvalue weighted by molar-refractivity contribution is 0.175. The van der Waals surface area contributed by atoms with Crippen LogP contribution in [-0.2, 0) is 0 Å². The van der Waals surface area contributed by atoms with Crippen LogP contribution >= 0.6 is 0 Å². The summed E-state index contributed by atoms with van der Waals surface area (Å²) in [6.45, 7) is 4.14. The quantitative estimate of drug-likeness (QED) is 0.843. The van der Waals surface area contributed by atoms with E-state index < -0.39 is 0 Å². The van der Waals surface area contributed by atoms with Gasteiger partial charge < -0.3 is 14.6 Å². The third-order valence-electron chi connectivity index (χ3n) is 5.06. The minimum absolute atomic E-state index is 0.121. The summed E-state index contributed by atoms with van der Waals surface area (Å²) < 4.78 is 5.23. The Morgan fingerprint density at radius 1 is 1.21 bits per heavy atom. The third-order valence-corrected chi connectivity index (χ3v) is 5.06. The van der Waals surface area contributed by atoms with Gasteiger partial charge in [0.15, 0.2) is 0 Å². The molecule has 2 amide bonds. The van der Waals surface area contributed by atoms with Crippen molar-refractivity contribution in [3.8, 4) is 0 Å². The number of hydrogen-bond donors (Lipinski definition) is 1. The first-order chi connectivity index (χ1) is 11.4. The SMILES string of the molecule is Cc1cc(=O)oc2cc(NC(=O)N(C)C3CCC(C)CC3)ccc12. The normalized spacial score (nSPS) is 20.8. The van der Waals surface area contributed by atoms with Gasteiger partial charge in [-0.25, -0.2) is 9.59 Å². The van der Waals surface area contributed by atoms with Gasteiger partial charge in [-0.15, -0.1) is 0 Å². The largest absolute Gasteiger partial charge is 0.423 e. The molecule has 5 heteroatoms. The van der Waals surface area contributed by atoms with Crippen molar-refractivity contribution >= 4 is 22.7 Å². The van der Waals surface area contributed by atoms with Crippen LogP contribution in [0.5, 0.6) is 0 Å². The van der Waals surface area contributed by atoms with E-state index in [1.165, 1.54) is 18.9 Å². The van der Waals surface area contributed by atoms with Crippen LogP contribution in [-0.4, -0.2) is 24.0 Å². The summed E-state index contributed by atoms with van der Waals surface area (Å²) in [7, 11) is 1.85. The van der Waals surface area contributed by atoms with Crippen LogP contribution in [0, 0.1) is 12.8 Å². The highest BCUT2D eigenvalue weighted by Gasteiger charge is 2.24. The fourth-order valence-corrected chi connectivity index (χ4v) is 3.41. The van der Waals surface area contributed by atoms with Crippen LogP contribution in [0.3, 0.4) is 0 Å². The molecule has 0 bridgehead atoms. The monoisotopic (exact) mass is 328 g/mol. The van der Waals surface area contributed by atoms with Crippen molar-refractivity contribution in [2.24, 2.45) is 5.92 Å². The molecule has 0 atom stereocenters. The van der Waals surface area contributed by atoms with Gasteiger partial charge in [0.25, 0.3) is 0 Å². The molecule has 0 spiro atoms. The molecular weight excluding hydrogens is 304 g/mol. The smallest absolute Gasteiger partial charge is 0.336 e. The molecule has 1 fully saturated rings. The highest BCUT2D eigenvalue weighted by molar-refractivity contribution is 5.92. The van der Waals surface area contributed by atoms with E-state index in [9.17, 15) is 9.59 Å². The molecule has 3 rings (SSSR count). The molecule has 0 unspecified atom stereocenters. The number of nitrogens with zero attached hydrogens (tertiary/aromatic N) is 1. The zero-order valence-corrected chi connectivity index (χ0v) is 14.5. The average Bonchev–Trinajstić information content (AvgIpc) is 2.54. The Morgan fingerprint density at radius 2 is 1.92 bits per heavy atom. The summed E-state index contributed by atoms with van der Waals surface area (Å²) in [6.07, 6.45) is 4.44. The lowest BCUT2D eigenvalue weighted by Crippen LogP contribution is -2.41. The van der Waals surface area contributed by atoms with Crippen LogP contribution in [0.4, 0.5) is 10.5 Å². The van der Waals surface area contributed by atoms with Gasteiger partial charge in [-0.3, -0.25) is 0 Å². The fourth-order valence-electron chi connectivity index (χ4n) is 3.41. The number of benzene rings is 1. The molecule has 0 radical (unpaired) electrons. The first-order valence-corrected chi connectivity index (χ1v) is 8.52. The maximum Gasteiger partial charge on any atom is 0.336 e. The summed E-state index contributed by atoms with van der Waals surface area (Å²) in [4.78, 5) is 25.8. The second kappa shape index (κ2) is 6.67. The number of carbonyl (C=O) groups excluding carboxylic acids is 1. The molecule has 2 aromatic rings. The third kappa shape index (κ3) is 3.45. The first-order valence-electron chi connectivity index (χ1n) is 8.52. The summed E-state index contributed by atoms with van der Waals surface area (Å²) in [6, 6.07) is 7.05. The van der Waals surface area contributed by atoms with Gasteiger partial charge in [0.2, 0.25) is 0 Å². The summed E-state index contributed by atoms with van der Waals surface area (Å²) in [5.41, 5.74) is 1.62. The molecule has 1 aromatic heterocycles. The molecule has 0 aliphatic heterocycles. The molecule has 1 heterocycles. The minimum atomic E-state index is -0.378. The predicted molar refractivity (Wildman–Crippen MR) is 95.4 cm³/mol. The van der Waals surface area contributed by atoms with Gasteiger partial charge in [-0.2, -0.15) is 0 Å². The number of urea groups is 1. The zero-order valence-electron chi connectivity index (χ0n) is 14.5. The second-order valence-electron chi connectivity index (χ2n) is 6.91. The van der Waals surface area contributed by atoms with Gasteiger partial charge in [0, 0.05) is 36.3 Å². The number of nitrogens with one attached hydrogen (secondary N) is 1. The minimum Gasteiger partial charge on any atom is -0.423 e. The van der Waals surface area contributed by atoms with E-state index in [1.54, 1.807) is 11.0 Å². The van der Waals surface area contributed by atoms with Crippen molar-refractivity contribution in [3.05, 3.63) is 40.2 Å². The van der Waals surface area contributed by atoms with Crippen LogP contribution < -0.4 is 10.9 Å². The topological polar surface area (TPSA) is 62.6 Å². The van der Waals surface area contributed by atoms with Crippen molar-refractivity contribution in [2.75, 3.05) is 12.4 Å². The summed E-state index contributed by atoms with van der Waals surface area (Å²) >= 11 is 0. The maximum absolute atomic E-state index is 12.5. The van der Waals surface area contributed by atoms with E-state index >= 15 is 0 Å². The molecule has 1 aliphatic rings. The second-order valence-corrected chi connectivity index (χ2v) is 6.91. The molecule has 24 heavy (non-hydrogen) atoms. The number of anilines is 1. The molecule has 1 aromatic carbocycles. The van der Waals surface area contributed by atoms with E-state index in [0.717, 1.165) is 29.7 Å². The van der Waals surface area contributed by atoms with Gasteiger partial charge in [-0.05, 0) is 56.2 Å². The standard InChI is InChI=1S/C19H24N2O3/c1-12-4-7-15(8-5-12)21(3)19(23)20-14-6-9-16-13(2)10-18(22)24-17(16)11-14/h6,9-12,15H,4-5,7-8H2,1-3H3,(H,20,23). The highest BCUT2D eigenvalue weighted by atomic mass is 16.4. The molecule has 1 aliphatic carbocycles. The van der Waals surface area contributed by atoms with Gasteiger partial charge in [0.1, 0.15) is 5.58 Å². The molecule has 1 saturated carbocycles. The van der Waals surface area contributed by atoms with E-state index in [2.05, 4.69) is 12.2 Å². The molecule has 128 valence electrons. The molecule has 0 saturated heterocycles. The van der Waals surface area contributed by atoms with Crippen LogP contribution in [0.1, 0.15) is 38.2 Å². The number of amides is 2. The highest BCUT2D eigenvalue weighted by Crippen LogP contribution is 2.27. The number of fused-ring (bicyclic) bond motifs is 1. The fraction of sp³-hybridized carbons (Fsp3) is 0.474. The van der Waals surface area contributed by atoms with E-state index in [-0.39, 0.29) is 11.7 Å². The van der Waals surface area contributed by atoms with Crippen molar-refractivity contribution in [2.45, 2.75) is 45.6 Å². The van der Waals surface area contributed by atoms with Crippen LogP contribution in [0.15, 0.2) is 33.5 Å². The average molecular weight is 328 g/mol. The zero-order chi connectivity index (χ0) is 17.3. The Bertz CT molecular complexity index is 804. The molecule has 5 nitrogen and oxygen atoms in total. The lowest BCUT2D eigenvalue weighted by atomic mass is 9.87. The van der Waals surface area contributed by atoms with Gasteiger partial charge in [-0.1, -0.05) is 6.92 Å². The Balaban J connectivity index is 1.74. The van der Waals surface area contributed by atoms with Crippen molar-refractivity contribution in [1.29, 1.82) is 0 Å². The lowest BCUT2D eigenvalue weighted by Gasteiger charge is -2.33. The maximum atomic E-state index is 12.5. The van der Waals surface area contributed by atoms with Gasteiger partial charge >= 0.3 is 11.7 Å². The number of carbonyl (C=O) groups is 1. The number of hydrogen-bond acceptors (Lipinski definition) is 3. The molecule has 1 N–H and O–H groups in total. The van der Waals surface area contributed by atoms with Crippen molar-refractivity contribution in [3.63, 3.8) is 0 Å². The predicted octanol–water partition coefficient (Wildman–Crippen LogP) is 4.14. The summed E-state index contributed by atoms with van der Waals surface area (Å²) in [5.74, 6) is 0.754. The van der Waals surface area contributed by atoms with E-state index in [0.29, 0.717) is 17.3 Å². The van der Waals surface area contributed by atoms with Crippen molar-refractivity contribution < 1.29 is 9.21 Å². The van der Waals surface area contributed by atoms with Gasteiger partial charge in [0.05, 0.1) is 0 Å². The van der Waals surface area contributed by atoms with Crippen LogP contribution in [0.25, 0.3) is 11.0 Å². The Kier molecular flexibility index (Phi) is 4.60.